The van der Waals surface area contributed by atoms with Crippen LogP contribution in [0.1, 0.15) is 36.2 Å². The van der Waals surface area contributed by atoms with Gasteiger partial charge < -0.3 is 15.0 Å². The van der Waals surface area contributed by atoms with E-state index in [1.807, 2.05) is 24.3 Å². The number of methoxy groups -OCH3 is 1. The maximum absolute atomic E-state index is 12.2. The molecule has 28 heavy (non-hydrogen) atoms. The lowest BCUT2D eigenvalue weighted by Gasteiger charge is -2.21. The molecule has 2 amide bonds. The number of benzene rings is 2. The summed E-state index contributed by atoms with van der Waals surface area (Å²) in [5.74, 6) is 0.510. The molecule has 0 saturated carbocycles. The molecule has 2 aromatic rings. The van der Waals surface area contributed by atoms with E-state index in [1.165, 1.54) is 13.8 Å². The van der Waals surface area contributed by atoms with Crippen LogP contribution < -0.4 is 10.1 Å². The van der Waals surface area contributed by atoms with Crippen molar-refractivity contribution in [3.05, 3.63) is 59.7 Å². The van der Waals surface area contributed by atoms with Crippen LogP contribution in [0.3, 0.4) is 0 Å². The normalized spacial score (nSPS) is 10.2. The number of ether oxygens (including phenoxy) is 1. The lowest BCUT2D eigenvalue weighted by molar-refractivity contribution is -0.129. The maximum Gasteiger partial charge on any atom is 0.226 e. The third-order valence-electron chi connectivity index (χ3n) is 4.47. The Morgan fingerprint density at radius 2 is 1.64 bits per heavy atom. The van der Waals surface area contributed by atoms with Crippen LogP contribution >= 0.6 is 0 Å². The Labute approximate surface area is 165 Å². The number of carbonyl (C=O) groups excluding carboxylic acids is 3. The average molecular weight is 382 g/mol. The largest absolute Gasteiger partial charge is 0.496 e. The number of para-hydroxylation sites is 1. The second-order valence-corrected chi connectivity index (χ2v) is 6.50. The molecule has 0 aliphatic carbocycles. The van der Waals surface area contributed by atoms with Gasteiger partial charge in [-0.15, -0.1) is 0 Å². The molecule has 1 N–H and O–H groups in total. The van der Waals surface area contributed by atoms with Crippen LogP contribution in [0.2, 0.25) is 0 Å². The van der Waals surface area contributed by atoms with Crippen molar-refractivity contribution in [1.29, 1.82) is 0 Å². The van der Waals surface area contributed by atoms with E-state index in [0.717, 1.165) is 11.3 Å². The van der Waals surface area contributed by atoms with E-state index in [1.54, 1.807) is 36.3 Å². The summed E-state index contributed by atoms with van der Waals surface area (Å²) in [7, 11) is 1.62. The molecular formula is C22H26N2O4. The number of amides is 2. The Bertz CT molecular complexity index is 831. The van der Waals surface area contributed by atoms with E-state index in [0.29, 0.717) is 30.8 Å². The molecule has 0 atom stereocenters. The SMILES string of the molecule is COc1ccccc1CCN(CCC(=O)Nc1ccc(C(C)=O)cc1)C(C)=O. The number of nitrogens with one attached hydrogen (secondary N) is 1. The molecule has 0 radical (unpaired) electrons. The minimum atomic E-state index is -0.181. The Kier molecular flexibility index (Phi) is 7.75. The van der Waals surface area contributed by atoms with Gasteiger partial charge in [0.1, 0.15) is 5.75 Å². The number of nitrogens with zero attached hydrogens (tertiary/aromatic N) is 1. The molecule has 0 aliphatic heterocycles. The quantitative estimate of drug-likeness (QED) is 0.675. The highest BCUT2D eigenvalue weighted by Crippen LogP contribution is 2.18. The fourth-order valence-electron chi connectivity index (χ4n) is 2.84. The second-order valence-electron chi connectivity index (χ2n) is 6.50. The molecule has 0 heterocycles. The lowest BCUT2D eigenvalue weighted by atomic mass is 10.1. The van der Waals surface area contributed by atoms with Crippen LogP contribution in [0.5, 0.6) is 5.75 Å². The Hall–Kier alpha value is -3.15. The molecule has 0 spiro atoms. The first-order valence-electron chi connectivity index (χ1n) is 9.19. The number of Topliss-reactive ketones (excluding diaryl/α,β-unsaturated/α-hetero) is 1. The highest BCUT2D eigenvalue weighted by Gasteiger charge is 2.13. The number of rotatable bonds is 9. The van der Waals surface area contributed by atoms with Crippen molar-refractivity contribution < 1.29 is 19.1 Å². The minimum Gasteiger partial charge on any atom is -0.496 e. The summed E-state index contributed by atoms with van der Waals surface area (Å²) in [5.41, 5.74) is 2.24. The summed E-state index contributed by atoms with van der Waals surface area (Å²) in [4.78, 5) is 37.1. The first kappa shape index (κ1) is 21.2. The third-order valence-corrected chi connectivity index (χ3v) is 4.47. The first-order chi connectivity index (χ1) is 13.4. The minimum absolute atomic E-state index is 0.0231. The van der Waals surface area contributed by atoms with Crippen molar-refractivity contribution in [1.82, 2.24) is 4.90 Å². The van der Waals surface area contributed by atoms with E-state index in [-0.39, 0.29) is 24.0 Å². The van der Waals surface area contributed by atoms with E-state index >= 15 is 0 Å². The Balaban J connectivity index is 1.87. The van der Waals surface area contributed by atoms with Gasteiger partial charge in [0, 0.05) is 37.7 Å². The van der Waals surface area contributed by atoms with Crippen molar-refractivity contribution in [3.63, 3.8) is 0 Å². The number of ketones is 1. The van der Waals surface area contributed by atoms with Crippen LogP contribution in [0.25, 0.3) is 0 Å². The average Bonchev–Trinajstić information content (AvgIpc) is 2.68. The number of hydrogen-bond donors (Lipinski definition) is 1. The molecule has 0 aliphatic rings. The molecule has 0 aromatic heterocycles. The Morgan fingerprint density at radius 1 is 0.964 bits per heavy atom. The Morgan fingerprint density at radius 3 is 2.25 bits per heavy atom. The van der Waals surface area contributed by atoms with Crippen LogP contribution in [0.15, 0.2) is 48.5 Å². The summed E-state index contributed by atoms with van der Waals surface area (Å²) in [6.45, 7) is 3.84. The predicted octanol–water partition coefficient (Wildman–Crippen LogP) is 3.32. The van der Waals surface area contributed by atoms with Gasteiger partial charge in [-0.3, -0.25) is 14.4 Å². The third kappa shape index (κ3) is 6.23. The number of carbonyl (C=O) groups is 3. The zero-order valence-corrected chi connectivity index (χ0v) is 16.5. The molecule has 0 unspecified atom stereocenters. The molecule has 0 fully saturated rings. The van der Waals surface area contributed by atoms with E-state index < -0.39 is 0 Å². The number of hydrogen-bond acceptors (Lipinski definition) is 4. The van der Waals surface area contributed by atoms with Gasteiger partial charge in [-0.1, -0.05) is 18.2 Å². The molecule has 0 bridgehead atoms. The highest BCUT2D eigenvalue weighted by atomic mass is 16.5. The van der Waals surface area contributed by atoms with E-state index in [2.05, 4.69) is 5.32 Å². The topological polar surface area (TPSA) is 75.7 Å². The molecular weight excluding hydrogens is 356 g/mol. The standard InChI is InChI=1S/C22H26N2O4/c1-16(25)18-8-10-20(11-9-18)23-22(27)13-15-24(17(2)26)14-12-19-6-4-5-7-21(19)28-3/h4-11H,12-15H2,1-3H3,(H,23,27). The monoisotopic (exact) mass is 382 g/mol. The van der Waals surface area contributed by atoms with Crippen LogP contribution in [-0.2, 0) is 16.0 Å². The van der Waals surface area contributed by atoms with Crippen molar-refractivity contribution in [2.24, 2.45) is 0 Å². The fourth-order valence-corrected chi connectivity index (χ4v) is 2.84. The molecule has 148 valence electrons. The zero-order valence-electron chi connectivity index (χ0n) is 16.5. The van der Waals surface area contributed by atoms with Gasteiger partial charge in [0.15, 0.2) is 5.78 Å². The summed E-state index contributed by atoms with van der Waals surface area (Å²) in [6, 6.07) is 14.4. The maximum atomic E-state index is 12.2. The second kappa shape index (κ2) is 10.3. The van der Waals surface area contributed by atoms with Crippen molar-refractivity contribution >= 4 is 23.3 Å². The van der Waals surface area contributed by atoms with Crippen molar-refractivity contribution in [2.45, 2.75) is 26.7 Å². The smallest absolute Gasteiger partial charge is 0.226 e. The van der Waals surface area contributed by atoms with Gasteiger partial charge in [0.2, 0.25) is 11.8 Å². The van der Waals surface area contributed by atoms with Crippen LogP contribution in [0, 0.1) is 0 Å². The molecule has 6 heteroatoms. The first-order valence-corrected chi connectivity index (χ1v) is 9.19. The van der Waals surface area contributed by atoms with Crippen molar-refractivity contribution in [3.8, 4) is 5.75 Å². The highest BCUT2D eigenvalue weighted by molar-refractivity contribution is 5.95. The van der Waals surface area contributed by atoms with Crippen LogP contribution in [-0.4, -0.2) is 42.7 Å². The van der Waals surface area contributed by atoms with Gasteiger partial charge in [-0.05, 0) is 49.2 Å². The molecule has 2 aromatic carbocycles. The molecule has 2 rings (SSSR count). The van der Waals surface area contributed by atoms with Crippen molar-refractivity contribution in [2.75, 3.05) is 25.5 Å². The van der Waals surface area contributed by atoms with Gasteiger partial charge in [0.05, 0.1) is 7.11 Å². The summed E-state index contributed by atoms with van der Waals surface area (Å²) in [5, 5.41) is 2.79. The van der Waals surface area contributed by atoms with Gasteiger partial charge in [-0.2, -0.15) is 0 Å². The molecule has 0 saturated heterocycles. The van der Waals surface area contributed by atoms with E-state index in [9.17, 15) is 14.4 Å². The number of anilines is 1. The summed E-state index contributed by atoms with van der Waals surface area (Å²) < 4.78 is 5.34. The van der Waals surface area contributed by atoms with Gasteiger partial charge >= 0.3 is 0 Å². The van der Waals surface area contributed by atoms with E-state index in [4.69, 9.17) is 4.74 Å². The predicted molar refractivity (Wildman–Crippen MR) is 109 cm³/mol. The zero-order chi connectivity index (χ0) is 20.5. The van der Waals surface area contributed by atoms with Gasteiger partial charge in [0.25, 0.3) is 0 Å². The molecule has 6 nitrogen and oxygen atoms in total. The lowest BCUT2D eigenvalue weighted by Crippen LogP contribution is -2.33. The summed E-state index contributed by atoms with van der Waals surface area (Å²) in [6.07, 6.45) is 0.845. The van der Waals surface area contributed by atoms with Gasteiger partial charge in [-0.25, -0.2) is 0 Å². The van der Waals surface area contributed by atoms with Crippen LogP contribution in [0.4, 0.5) is 5.69 Å². The fraction of sp³-hybridized carbons (Fsp3) is 0.318. The summed E-state index contributed by atoms with van der Waals surface area (Å²) >= 11 is 0.